The average molecular weight is 158 g/mol. The highest BCUT2D eigenvalue weighted by Crippen LogP contribution is 2.04. The summed E-state index contributed by atoms with van der Waals surface area (Å²) in [6, 6.07) is 0.692. The van der Waals surface area contributed by atoms with Crippen molar-refractivity contribution in [3.8, 4) is 0 Å². The molecule has 0 atom stereocenters. The first-order chi connectivity index (χ1) is 5.43. The van der Waals surface area contributed by atoms with Crippen molar-refractivity contribution < 1.29 is 4.74 Å². The van der Waals surface area contributed by atoms with E-state index < -0.39 is 0 Å². The number of hydrogen-bond acceptors (Lipinski definition) is 3. The summed E-state index contributed by atoms with van der Waals surface area (Å²) in [5.74, 6) is 0. The van der Waals surface area contributed by atoms with Crippen molar-refractivity contribution in [2.45, 2.75) is 18.9 Å². The van der Waals surface area contributed by atoms with E-state index in [-0.39, 0.29) is 0 Å². The summed E-state index contributed by atoms with van der Waals surface area (Å²) in [6.45, 7) is 3.98. The Kier molecular flexibility index (Phi) is 4.50. The lowest BCUT2D eigenvalue weighted by Crippen LogP contribution is -2.38. The maximum absolute atomic E-state index is 5.25. The molecule has 0 aliphatic carbocycles. The summed E-state index contributed by atoms with van der Waals surface area (Å²) in [6.07, 6.45) is 2.34. The first-order valence-electron chi connectivity index (χ1n) is 4.39. The molecule has 2 N–H and O–H groups in total. The molecule has 0 saturated carbocycles. The second-order valence-electron chi connectivity index (χ2n) is 2.94. The molecule has 0 amide bonds. The fraction of sp³-hybridized carbons (Fsp3) is 1.00. The van der Waals surface area contributed by atoms with Crippen LogP contribution in [0.1, 0.15) is 12.8 Å². The molecule has 1 aliphatic rings. The van der Waals surface area contributed by atoms with Crippen molar-refractivity contribution in [1.82, 2.24) is 10.6 Å². The van der Waals surface area contributed by atoms with Gasteiger partial charge in [-0.2, -0.15) is 0 Å². The third kappa shape index (κ3) is 3.70. The molecule has 0 aromatic rings. The maximum Gasteiger partial charge on any atom is 0.0480 e. The molecule has 1 rings (SSSR count). The first kappa shape index (κ1) is 8.97. The van der Waals surface area contributed by atoms with Gasteiger partial charge in [0.25, 0.3) is 0 Å². The smallest absolute Gasteiger partial charge is 0.0480 e. The van der Waals surface area contributed by atoms with Crippen LogP contribution in [0.15, 0.2) is 0 Å². The van der Waals surface area contributed by atoms with Gasteiger partial charge in [0.1, 0.15) is 0 Å². The number of rotatable bonds is 4. The minimum absolute atomic E-state index is 0.692. The minimum Gasteiger partial charge on any atom is -0.381 e. The predicted octanol–water partition coefficient (Wildman–Crippen LogP) is -0.0256. The molecule has 66 valence electrons. The van der Waals surface area contributed by atoms with E-state index in [0.29, 0.717) is 6.04 Å². The molecule has 1 saturated heterocycles. The fourth-order valence-corrected chi connectivity index (χ4v) is 1.30. The van der Waals surface area contributed by atoms with Crippen LogP contribution in [0.3, 0.4) is 0 Å². The molecular weight excluding hydrogens is 140 g/mol. The van der Waals surface area contributed by atoms with E-state index >= 15 is 0 Å². The largest absolute Gasteiger partial charge is 0.381 e. The minimum atomic E-state index is 0.692. The molecule has 0 radical (unpaired) electrons. The van der Waals surface area contributed by atoms with E-state index in [1.54, 1.807) is 0 Å². The zero-order valence-electron chi connectivity index (χ0n) is 7.23. The number of hydrogen-bond donors (Lipinski definition) is 2. The van der Waals surface area contributed by atoms with Crippen molar-refractivity contribution in [3.05, 3.63) is 0 Å². The van der Waals surface area contributed by atoms with Gasteiger partial charge in [-0.05, 0) is 19.9 Å². The Morgan fingerprint density at radius 1 is 1.27 bits per heavy atom. The van der Waals surface area contributed by atoms with Crippen LogP contribution in [0.4, 0.5) is 0 Å². The molecule has 0 aromatic heterocycles. The van der Waals surface area contributed by atoms with Gasteiger partial charge in [0, 0.05) is 32.3 Å². The van der Waals surface area contributed by atoms with Crippen molar-refractivity contribution in [3.63, 3.8) is 0 Å². The predicted molar refractivity (Wildman–Crippen MR) is 45.8 cm³/mol. The van der Waals surface area contributed by atoms with Crippen molar-refractivity contribution in [1.29, 1.82) is 0 Å². The topological polar surface area (TPSA) is 33.3 Å². The molecule has 0 bridgehead atoms. The van der Waals surface area contributed by atoms with Gasteiger partial charge in [0.15, 0.2) is 0 Å². The second kappa shape index (κ2) is 5.52. The quantitative estimate of drug-likeness (QED) is 0.564. The summed E-state index contributed by atoms with van der Waals surface area (Å²) in [7, 11) is 1.98. The highest BCUT2D eigenvalue weighted by Gasteiger charge is 2.11. The molecule has 1 fully saturated rings. The van der Waals surface area contributed by atoms with Crippen LogP contribution in [0.5, 0.6) is 0 Å². The molecule has 0 aromatic carbocycles. The zero-order chi connectivity index (χ0) is 7.94. The van der Waals surface area contributed by atoms with Gasteiger partial charge in [-0.3, -0.25) is 0 Å². The lowest BCUT2D eigenvalue weighted by atomic mass is 10.1. The summed E-state index contributed by atoms with van der Waals surface area (Å²) >= 11 is 0. The van der Waals surface area contributed by atoms with Gasteiger partial charge in [0.05, 0.1) is 0 Å². The molecule has 0 unspecified atom stereocenters. The van der Waals surface area contributed by atoms with Gasteiger partial charge >= 0.3 is 0 Å². The molecule has 1 heterocycles. The summed E-state index contributed by atoms with van der Waals surface area (Å²) < 4.78 is 5.25. The van der Waals surface area contributed by atoms with E-state index in [9.17, 15) is 0 Å². The third-order valence-corrected chi connectivity index (χ3v) is 2.03. The van der Waals surface area contributed by atoms with E-state index in [1.165, 1.54) is 12.8 Å². The van der Waals surface area contributed by atoms with Gasteiger partial charge in [-0.25, -0.2) is 0 Å². The fourth-order valence-electron chi connectivity index (χ4n) is 1.30. The number of nitrogens with one attached hydrogen (secondary N) is 2. The van der Waals surface area contributed by atoms with E-state index in [0.717, 1.165) is 26.3 Å². The van der Waals surface area contributed by atoms with Crippen LogP contribution in [-0.4, -0.2) is 39.4 Å². The lowest BCUT2D eigenvalue weighted by Gasteiger charge is -2.22. The first-order valence-corrected chi connectivity index (χ1v) is 4.39. The summed E-state index contributed by atoms with van der Waals surface area (Å²) in [5, 5.41) is 6.59. The van der Waals surface area contributed by atoms with Gasteiger partial charge in [-0.15, -0.1) is 0 Å². The highest BCUT2D eigenvalue weighted by molar-refractivity contribution is 4.69. The van der Waals surface area contributed by atoms with Gasteiger partial charge in [0.2, 0.25) is 0 Å². The van der Waals surface area contributed by atoms with Crippen LogP contribution < -0.4 is 10.6 Å². The Morgan fingerprint density at radius 2 is 2.00 bits per heavy atom. The molecular formula is C8H18N2O. The number of ether oxygens (including phenoxy) is 1. The van der Waals surface area contributed by atoms with E-state index in [1.807, 2.05) is 7.05 Å². The monoisotopic (exact) mass is 158 g/mol. The second-order valence-corrected chi connectivity index (χ2v) is 2.94. The molecule has 1 aliphatic heterocycles. The van der Waals surface area contributed by atoms with Gasteiger partial charge in [-0.1, -0.05) is 0 Å². The Labute approximate surface area is 68.5 Å². The zero-order valence-corrected chi connectivity index (χ0v) is 7.23. The normalized spacial score (nSPS) is 20.5. The lowest BCUT2D eigenvalue weighted by molar-refractivity contribution is 0.0782. The van der Waals surface area contributed by atoms with Crippen molar-refractivity contribution >= 4 is 0 Å². The van der Waals surface area contributed by atoms with Crippen molar-refractivity contribution in [2.75, 3.05) is 33.4 Å². The summed E-state index contributed by atoms with van der Waals surface area (Å²) in [5.41, 5.74) is 0. The van der Waals surface area contributed by atoms with Crippen LogP contribution in [0.2, 0.25) is 0 Å². The standard InChI is InChI=1S/C8H18N2O/c1-9-4-5-10-8-2-6-11-7-3-8/h8-10H,2-7H2,1H3. The maximum atomic E-state index is 5.25. The Hall–Kier alpha value is -0.120. The van der Waals surface area contributed by atoms with E-state index in [2.05, 4.69) is 10.6 Å². The molecule has 11 heavy (non-hydrogen) atoms. The summed E-state index contributed by atoms with van der Waals surface area (Å²) in [4.78, 5) is 0. The Morgan fingerprint density at radius 3 is 2.64 bits per heavy atom. The number of likely N-dealkylation sites (N-methyl/N-ethyl adjacent to an activating group) is 1. The van der Waals surface area contributed by atoms with Crippen LogP contribution in [0.25, 0.3) is 0 Å². The molecule has 3 nitrogen and oxygen atoms in total. The Bertz CT molecular complexity index is 92.1. The molecule has 3 heteroatoms. The average Bonchev–Trinajstić information content (AvgIpc) is 2.07. The Balaban J connectivity index is 1.96. The van der Waals surface area contributed by atoms with Crippen LogP contribution in [0, 0.1) is 0 Å². The third-order valence-electron chi connectivity index (χ3n) is 2.03. The van der Waals surface area contributed by atoms with E-state index in [4.69, 9.17) is 4.74 Å². The SMILES string of the molecule is CNCCNC1CCOCC1. The van der Waals surface area contributed by atoms with Crippen LogP contribution in [-0.2, 0) is 4.74 Å². The molecule has 0 spiro atoms. The van der Waals surface area contributed by atoms with Crippen molar-refractivity contribution in [2.24, 2.45) is 0 Å². The van der Waals surface area contributed by atoms with Crippen LogP contribution >= 0.6 is 0 Å². The highest BCUT2D eigenvalue weighted by atomic mass is 16.5. The van der Waals surface area contributed by atoms with Gasteiger partial charge < -0.3 is 15.4 Å².